The molecule has 0 spiro atoms. The maximum atomic E-state index is 12.7. The summed E-state index contributed by atoms with van der Waals surface area (Å²) in [6, 6.07) is -0.949. The first-order chi connectivity index (χ1) is 14.8. The SMILES string of the molecule is Cn1nnnc1SCC1=C(C(=O)O)N2C(=O)[C@@H](NC(=O)C(O)c3csc(N)n3)[C@H]2SC1.[NaH]. The number of thiazole rings is 1. The number of aromatic nitrogens is 5. The number of carboxylic acid groups (broad SMARTS) is 1. The second-order valence-corrected chi connectivity index (χ2v) is 9.48. The van der Waals surface area contributed by atoms with Crippen molar-refractivity contribution in [3.63, 3.8) is 0 Å². The number of hydrogen-bond acceptors (Lipinski definition) is 12. The van der Waals surface area contributed by atoms with Crippen molar-refractivity contribution in [1.82, 2.24) is 35.4 Å². The van der Waals surface area contributed by atoms with Crippen molar-refractivity contribution in [1.29, 1.82) is 0 Å². The van der Waals surface area contributed by atoms with Gasteiger partial charge in [-0.25, -0.2) is 14.5 Å². The zero-order chi connectivity index (χ0) is 22.3. The Morgan fingerprint density at radius 2 is 2.22 bits per heavy atom. The predicted molar refractivity (Wildman–Crippen MR) is 118 cm³/mol. The van der Waals surface area contributed by atoms with Crippen LogP contribution >= 0.6 is 34.9 Å². The van der Waals surface area contributed by atoms with Gasteiger partial charge in [0.2, 0.25) is 5.16 Å². The zero-order valence-corrected chi connectivity index (χ0v) is 18.3. The molecule has 2 aliphatic heterocycles. The number of nitrogens with one attached hydrogen (secondary N) is 1. The normalized spacial score (nSPS) is 20.8. The third-order valence-corrected chi connectivity index (χ3v) is 7.70. The summed E-state index contributed by atoms with van der Waals surface area (Å²) in [5.74, 6) is -1.95. The molecular formula is C15H17N8NaO5S3. The molecular weight excluding hydrogens is 491 g/mol. The fourth-order valence-corrected chi connectivity index (χ4v) is 6.00. The van der Waals surface area contributed by atoms with Crippen molar-refractivity contribution in [3.05, 3.63) is 22.3 Å². The molecule has 0 aliphatic carbocycles. The van der Waals surface area contributed by atoms with Crippen LogP contribution in [0.3, 0.4) is 0 Å². The Labute approximate surface area is 215 Å². The van der Waals surface area contributed by atoms with Crippen molar-refractivity contribution in [2.24, 2.45) is 7.05 Å². The van der Waals surface area contributed by atoms with Crippen LogP contribution in [0.4, 0.5) is 5.13 Å². The van der Waals surface area contributed by atoms with Crippen molar-refractivity contribution in [2.45, 2.75) is 22.7 Å². The van der Waals surface area contributed by atoms with Crippen LogP contribution in [0.2, 0.25) is 0 Å². The number of carbonyl (C=O) groups is 3. The van der Waals surface area contributed by atoms with Gasteiger partial charge in [-0.15, -0.1) is 28.2 Å². The van der Waals surface area contributed by atoms with Gasteiger partial charge < -0.3 is 21.3 Å². The number of nitrogen functional groups attached to an aromatic ring is 1. The van der Waals surface area contributed by atoms with E-state index in [1.165, 1.54) is 38.5 Å². The number of anilines is 1. The predicted octanol–water partition coefficient (Wildman–Crippen LogP) is -1.84. The van der Waals surface area contributed by atoms with Crippen LogP contribution in [0.1, 0.15) is 11.8 Å². The van der Waals surface area contributed by atoms with Gasteiger partial charge in [-0.2, -0.15) is 0 Å². The molecule has 1 saturated heterocycles. The second kappa shape index (κ2) is 10.1. The average Bonchev–Trinajstić information content (AvgIpc) is 3.36. The van der Waals surface area contributed by atoms with Crippen LogP contribution in [-0.4, -0.2) is 111 Å². The molecule has 3 atom stereocenters. The van der Waals surface area contributed by atoms with Gasteiger partial charge in [-0.05, 0) is 16.0 Å². The molecule has 4 heterocycles. The van der Waals surface area contributed by atoms with Gasteiger partial charge in [0, 0.05) is 23.9 Å². The van der Waals surface area contributed by atoms with Crippen molar-refractivity contribution in [3.8, 4) is 0 Å². The molecule has 17 heteroatoms. The van der Waals surface area contributed by atoms with E-state index in [1.54, 1.807) is 7.05 Å². The number of carbonyl (C=O) groups excluding carboxylic acids is 2. The summed E-state index contributed by atoms with van der Waals surface area (Å²) in [6.45, 7) is 0. The molecule has 166 valence electrons. The van der Waals surface area contributed by atoms with E-state index in [0.717, 1.165) is 11.3 Å². The van der Waals surface area contributed by atoms with E-state index in [2.05, 4.69) is 25.8 Å². The van der Waals surface area contributed by atoms with E-state index in [9.17, 15) is 24.6 Å². The van der Waals surface area contributed by atoms with Crippen molar-refractivity contribution < 1.29 is 24.6 Å². The number of thioether (sulfide) groups is 2. The Hall–Kier alpha value is -1.69. The minimum absolute atomic E-state index is 0. The Kier molecular flexibility index (Phi) is 7.85. The molecule has 2 aliphatic rings. The Morgan fingerprint density at radius 1 is 1.47 bits per heavy atom. The molecule has 0 radical (unpaired) electrons. The van der Waals surface area contributed by atoms with Gasteiger partial charge in [-0.1, -0.05) is 11.8 Å². The summed E-state index contributed by atoms with van der Waals surface area (Å²) in [5.41, 5.74) is 6.05. The van der Waals surface area contributed by atoms with Crippen molar-refractivity contribution in [2.75, 3.05) is 17.2 Å². The third-order valence-electron chi connectivity index (χ3n) is 4.57. The Bertz CT molecular complexity index is 1090. The zero-order valence-electron chi connectivity index (χ0n) is 15.8. The molecule has 5 N–H and O–H groups in total. The molecule has 1 fully saturated rings. The van der Waals surface area contributed by atoms with Crippen LogP contribution in [0.25, 0.3) is 0 Å². The number of hydrogen-bond donors (Lipinski definition) is 4. The minimum atomic E-state index is -1.58. The van der Waals surface area contributed by atoms with E-state index >= 15 is 0 Å². The monoisotopic (exact) mass is 508 g/mol. The Balaban J connectivity index is 0.00000289. The first kappa shape index (κ1) is 24.9. The number of tetrazole rings is 1. The van der Waals surface area contributed by atoms with Gasteiger partial charge in [-0.3, -0.25) is 14.5 Å². The topological polar surface area (TPSA) is 189 Å². The summed E-state index contributed by atoms with van der Waals surface area (Å²) >= 11 is 3.67. The number of aliphatic carboxylic acids is 1. The number of amides is 2. The van der Waals surface area contributed by atoms with E-state index in [4.69, 9.17) is 5.73 Å². The number of fused-ring (bicyclic) bond motifs is 1. The number of carboxylic acids is 1. The average molecular weight is 509 g/mol. The maximum absolute atomic E-state index is 12.7. The summed E-state index contributed by atoms with van der Waals surface area (Å²) in [4.78, 5) is 42.0. The number of rotatable bonds is 7. The van der Waals surface area contributed by atoms with Gasteiger partial charge in [0.25, 0.3) is 11.8 Å². The van der Waals surface area contributed by atoms with Crippen molar-refractivity contribution >= 4 is 87.3 Å². The molecule has 0 bridgehead atoms. The van der Waals surface area contributed by atoms with E-state index in [-0.39, 0.29) is 46.1 Å². The third kappa shape index (κ3) is 4.66. The molecule has 2 aromatic heterocycles. The van der Waals surface area contributed by atoms with E-state index < -0.39 is 35.3 Å². The second-order valence-electron chi connectivity index (χ2n) is 6.54. The molecule has 32 heavy (non-hydrogen) atoms. The van der Waals surface area contributed by atoms with Gasteiger partial charge >= 0.3 is 35.5 Å². The van der Waals surface area contributed by atoms with Crippen LogP contribution < -0.4 is 11.1 Å². The van der Waals surface area contributed by atoms with Gasteiger partial charge in [0.15, 0.2) is 11.2 Å². The summed E-state index contributed by atoms with van der Waals surface area (Å²) < 4.78 is 1.46. The standard InChI is InChI=1S/C15H16N8O5S3.Na.H/c1-22-15(19-20-21-22)31-3-5-2-29-12-7(11(26)23(12)8(5)13(27)28)18-10(25)9(24)6-4-30-14(16)17-6;;/h4,7,9,12,24H,2-3H2,1H3,(H2,16,17)(H,18,25)(H,27,28);;/t7-,9?,12-;;/m1../s1. The Morgan fingerprint density at radius 3 is 2.81 bits per heavy atom. The summed E-state index contributed by atoms with van der Waals surface area (Å²) in [5, 5.41) is 35.0. The molecule has 2 amide bonds. The quantitative estimate of drug-likeness (QED) is 0.186. The molecule has 13 nitrogen and oxygen atoms in total. The first-order valence-corrected chi connectivity index (χ1v) is 11.6. The molecule has 1 unspecified atom stereocenters. The molecule has 0 aromatic carbocycles. The number of aliphatic hydroxyl groups is 1. The number of aryl methyl sites for hydroxylation is 1. The number of aliphatic hydroxyl groups excluding tert-OH is 1. The van der Waals surface area contributed by atoms with Crippen LogP contribution in [0.5, 0.6) is 0 Å². The molecule has 4 rings (SSSR count). The number of β-lactam (4-membered cyclic amide) rings is 1. The molecule has 0 saturated carbocycles. The molecule has 2 aromatic rings. The number of nitrogens with zero attached hydrogens (tertiary/aromatic N) is 6. The van der Waals surface area contributed by atoms with Crippen LogP contribution in [0.15, 0.2) is 21.8 Å². The van der Waals surface area contributed by atoms with E-state index in [0.29, 0.717) is 22.2 Å². The van der Waals surface area contributed by atoms with Gasteiger partial charge in [0.05, 0.1) is 5.69 Å². The fraction of sp³-hybridized carbons (Fsp3) is 0.400. The van der Waals surface area contributed by atoms with Crippen LogP contribution in [-0.2, 0) is 21.4 Å². The fourth-order valence-electron chi connectivity index (χ4n) is 3.08. The first-order valence-electron chi connectivity index (χ1n) is 8.72. The van der Waals surface area contributed by atoms with Crippen LogP contribution in [0, 0.1) is 0 Å². The van der Waals surface area contributed by atoms with E-state index in [1.807, 2.05) is 0 Å². The number of nitrogens with two attached hydrogens (primary N) is 1. The van der Waals surface area contributed by atoms with Gasteiger partial charge in [0.1, 0.15) is 17.1 Å². The summed E-state index contributed by atoms with van der Waals surface area (Å²) in [7, 11) is 1.67. The summed E-state index contributed by atoms with van der Waals surface area (Å²) in [6.07, 6.45) is -1.58.